The van der Waals surface area contributed by atoms with Gasteiger partial charge >= 0.3 is 0 Å². The molecule has 1 rings (SSSR count). The van der Waals surface area contributed by atoms with Gasteiger partial charge < -0.3 is 11.1 Å². The van der Waals surface area contributed by atoms with Crippen molar-refractivity contribution in [3.05, 3.63) is 24.3 Å². The molecule has 0 atom stereocenters. The zero-order valence-electron chi connectivity index (χ0n) is 10.0. The van der Waals surface area contributed by atoms with Gasteiger partial charge in [0, 0.05) is 12.6 Å². The Morgan fingerprint density at radius 3 is 2.06 bits per heavy atom. The van der Waals surface area contributed by atoms with Gasteiger partial charge in [-0.15, -0.1) is 0 Å². The number of rotatable bonds is 3. The van der Waals surface area contributed by atoms with Crippen LogP contribution in [0.3, 0.4) is 0 Å². The van der Waals surface area contributed by atoms with Crippen molar-refractivity contribution in [2.45, 2.75) is 30.5 Å². The smallest absolute Gasteiger partial charge is 0.221 e. The van der Waals surface area contributed by atoms with E-state index in [9.17, 15) is 13.2 Å². The van der Waals surface area contributed by atoms with Crippen molar-refractivity contribution in [2.75, 3.05) is 5.32 Å². The first-order valence-electron chi connectivity index (χ1n) is 5.06. The van der Waals surface area contributed by atoms with Crippen LogP contribution in [-0.4, -0.2) is 19.2 Å². The van der Waals surface area contributed by atoms with Crippen LogP contribution in [0, 0.1) is 0 Å². The van der Waals surface area contributed by atoms with Crippen molar-refractivity contribution in [1.29, 1.82) is 0 Å². The lowest BCUT2D eigenvalue weighted by atomic mass is 10.3. The van der Waals surface area contributed by atoms with Gasteiger partial charge in [0.25, 0.3) is 0 Å². The average molecular weight is 256 g/mol. The highest BCUT2D eigenvalue weighted by atomic mass is 32.2. The van der Waals surface area contributed by atoms with Crippen LogP contribution in [0.1, 0.15) is 20.8 Å². The van der Waals surface area contributed by atoms with Crippen LogP contribution < -0.4 is 11.1 Å². The van der Waals surface area contributed by atoms with Crippen molar-refractivity contribution < 1.29 is 13.2 Å². The first-order valence-corrected chi connectivity index (χ1v) is 6.54. The van der Waals surface area contributed by atoms with Crippen LogP contribution in [0.4, 0.5) is 5.69 Å². The molecule has 0 unspecified atom stereocenters. The summed E-state index contributed by atoms with van der Waals surface area (Å²) < 4.78 is 23.9. The van der Waals surface area contributed by atoms with Crippen molar-refractivity contribution in [2.24, 2.45) is 5.73 Å². The molecule has 0 aliphatic carbocycles. The molecule has 94 valence electrons. The van der Waals surface area contributed by atoms with Gasteiger partial charge in [0.15, 0.2) is 9.84 Å². The SMILES string of the molecule is CC(=O)Nc1ccc(S(=O)(=O)C(C)(C)N)cc1. The number of sulfone groups is 1. The Hall–Kier alpha value is -1.40. The highest BCUT2D eigenvalue weighted by Crippen LogP contribution is 2.22. The van der Waals surface area contributed by atoms with Crippen LogP contribution in [0.15, 0.2) is 29.2 Å². The second kappa shape index (κ2) is 4.46. The first-order chi connectivity index (χ1) is 7.64. The third kappa shape index (κ3) is 3.04. The lowest BCUT2D eigenvalue weighted by Gasteiger charge is -2.19. The molecule has 17 heavy (non-hydrogen) atoms. The van der Waals surface area contributed by atoms with Gasteiger partial charge in [-0.05, 0) is 38.1 Å². The fourth-order valence-corrected chi connectivity index (χ4v) is 2.33. The Morgan fingerprint density at radius 2 is 1.71 bits per heavy atom. The molecule has 0 aliphatic rings. The lowest BCUT2D eigenvalue weighted by Crippen LogP contribution is -2.41. The minimum absolute atomic E-state index is 0.138. The summed E-state index contributed by atoms with van der Waals surface area (Å²) in [6, 6.07) is 5.91. The maximum atomic E-state index is 12.0. The van der Waals surface area contributed by atoms with E-state index in [-0.39, 0.29) is 10.8 Å². The summed E-state index contributed by atoms with van der Waals surface area (Å²) in [7, 11) is -3.56. The molecule has 0 saturated carbocycles. The van der Waals surface area contributed by atoms with E-state index in [1.807, 2.05) is 0 Å². The quantitative estimate of drug-likeness (QED) is 0.847. The predicted molar refractivity (Wildman–Crippen MR) is 66.2 cm³/mol. The zero-order chi connectivity index (χ0) is 13.3. The Kier molecular flexibility index (Phi) is 3.59. The number of anilines is 1. The molecule has 0 aromatic heterocycles. The first kappa shape index (κ1) is 13.7. The normalized spacial score (nSPS) is 12.2. The number of nitrogens with one attached hydrogen (secondary N) is 1. The number of nitrogens with two attached hydrogens (primary N) is 1. The summed E-state index contributed by atoms with van der Waals surface area (Å²) in [4.78, 5) is 9.61. The predicted octanol–water partition coefficient (Wildman–Crippen LogP) is 1.11. The van der Waals surface area contributed by atoms with Crippen LogP contribution in [-0.2, 0) is 14.6 Å². The highest BCUT2D eigenvalue weighted by molar-refractivity contribution is 7.92. The van der Waals surface area contributed by atoms with E-state index in [1.165, 1.54) is 45.0 Å². The summed E-state index contributed by atoms with van der Waals surface area (Å²) in [5.74, 6) is -0.209. The maximum absolute atomic E-state index is 12.0. The Morgan fingerprint density at radius 1 is 1.24 bits per heavy atom. The lowest BCUT2D eigenvalue weighted by molar-refractivity contribution is -0.114. The molecule has 5 nitrogen and oxygen atoms in total. The molecular weight excluding hydrogens is 240 g/mol. The Balaban J connectivity index is 3.08. The molecule has 0 radical (unpaired) electrons. The van der Waals surface area contributed by atoms with Crippen LogP contribution >= 0.6 is 0 Å². The van der Waals surface area contributed by atoms with Crippen LogP contribution in [0.25, 0.3) is 0 Å². The number of amides is 1. The van der Waals surface area contributed by atoms with E-state index in [0.29, 0.717) is 5.69 Å². The number of carbonyl (C=O) groups is 1. The molecule has 0 fully saturated rings. The summed E-state index contributed by atoms with van der Waals surface area (Å²) in [5, 5.41) is 2.56. The average Bonchev–Trinajstić information content (AvgIpc) is 2.15. The van der Waals surface area contributed by atoms with E-state index < -0.39 is 14.7 Å². The molecule has 0 bridgehead atoms. The molecular formula is C11H16N2O3S. The molecule has 0 aliphatic heterocycles. The molecule has 1 aromatic carbocycles. The minimum atomic E-state index is -3.56. The molecule has 3 N–H and O–H groups in total. The second-order valence-corrected chi connectivity index (χ2v) is 6.84. The monoisotopic (exact) mass is 256 g/mol. The highest BCUT2D eigenvalue weighted by Gasteiger charge is 2.31. The van der Waals surface area contributed by atoms with E-state index in [4.69, 9.17) is 5.73 Å². The molecule has 6 heteroatoms. The van der Waals surface area contributed by atoms with E-state index in [0.717, 1.165) is 0 Å². The van der Waals surface area contributed by atoms with Crippen molar-refractivity contribution >= 4 is 21.4 Å². The minimum Gasteiger partial charge on any atom is -0.326 e. The third-order valence-corrected chi connectivity index (χ3v) is 4.46. The van der Waals surface area contributed by atoms with Crippen LogP contribution in [0.5, 0.6) is 0 Å². The van der Waals surface area contributed by atoms with Crippen molar-refractivity contribution in [3.63, 3.8) is 0 Å². The van der Waals surface area contributed by atoms with Gasteiger partial charge in [-0.3, -0.25) is 4.79 Å². The van der Waals surface area contributed by atoms with Crippen molar-refractivity contribution in [3.8, 4) is 0 Å². The number of carbonyl (C=O) groups excluding carboxylic acids is 1. The topological polar surface area (TPSA) is 89.3 Å². The third-order valence-electron chi connectivity index (χ3n) is 2.18. The van der Waals surface area contributed by atoms with E-state index in [2.05, 4.69) is 5.32 Å². The Bertz CT molecular complexity index is 513. The van der Waals surface area contributed by atoms with Gasteiger partial charge in [0.1, 0.15) is 4.87 Å². The van der Waals surface area contributed by atoms with Gasteiger partial charge in [-0.1, -0.05) is 0 Å². The molecule has 0 heterocycles. The second-order valence-electron chi connectivity index (χ2n) is 4.31. The number of hydrogen-bond donors (Lipinski definition) is 2. The summed E-state index contributed by atoms with van der Waals surface area (Å²) in [6.45, 7) is 4.25. The zero-order valence-corrected chi connectivity index (χ0v) is 10.8. The largest absolute Gasteiger partial charge is 0.326 e. The standard InChI is InChI=1S/C11H16N2O3S/c1-8(14)13-9-4-6-10(7-5-9)17(15,16)11(2,3)12/h4-7H,12H2,1-3H3,(H,13,14). The summed E-state index contributed by atoms with van der Waals surface area (Å²) in [6.07, 6.45) is 0. The molecule has 1 aromatic rings. The number of benzene rings is 1. The summed E-state index contributed by atoms with van der Waals surface area (Å²) >= 11 is 0. The maximum Gasteiger partial charge on any atom is 0.221 e. The van der Waals surface area contributed by atoms with Gasteiger partial charge in [-0.25, -0.2) is 8.42 Å². The van der Waals surface area contributed by atoms with E-state index >= 15 is 0 Å². The summed E-state index contributed by atoms with van der Waals surface area (Å²) in [5.41, 5.74) is 6.15. The van der Waals surface area contributed by atoms with Crippen molar-refractivity contribution in [1.82, 2.24) is 0 Å². The Labute approximate surface area is 101 Å². The molecule has 0 spiro atoms. The van der Waals surface area contributed by atoms with Gasteiger partial charge in [0.05, 0.1) is 4.90 Å². The van der Waals surface area contributed by atoms with Gasteiger partial charge in [0.2, 0.25) is 5.91 Å². The fraction of sp³-hybridized carbons (Fsp3) is 0.364. The number of hydrogen-bond acceptors (Lipinski definition) is 4. The molecule has 1 amide bonds. The van der Waals surface area contributed by atoms with Gasteiger partial charge in [-0.2, -0.15) is 0 Å². The van der Waals surface area contributed by atoms with Crippen LogP contribution in [0.2, 0.25) is 0 Å². The fourth-order valence-electron chi connectivity index (χ4n) is 1.22. The molecule has 0 saturated heterocycles. The van der Waals surface area contributed by atoms with E-state index in [1.54, 1.807) is 0 Å².